The van der Waals surface area contributed by atoms with Gasteiger partial charge in [0.2, 0.25) is 5.91 Å². The SMILES string of the molecule is CCNC(=O)CNC(=O)C(F)F. The maximum atomic E-state index is 11.5. The summed E-state index contributed by atoms with van der Waals surface area (Å²) in [5.41, 5.74) is 0. The summed E-state index contributed by atoms with van der Waals surface area (Å²) in [6.45, 7) is 1.69. The molecule has 4 nitrogen and oxygen atoms in total. The molecule has 12 heavy (non-hydrogen) atoms. The van der Waals surface area contributed by atoms with E-state index in [9.17, 15) is 18.4 Å². The molecule has 0 aromatic heterocycles. The van der Waals surface area contributed by atoms with Gasteiger partial charge in [-0.2, -0.15) is 8.78 Å². The molecule has 0 aliphatic carbocycles. The van der Waals surface area contributed by atoms with Crippen molar-refractivity contribution in [2.75, 3.05) is 13.1 Å². The first-order chi connectivity index (χ1) is 5.57. The van der Waals surface area contributed by atoms with E-state index >= 15 is 0 Å². The Morgan fingerprint density at radius 3 is 2.33 bits per heavy atom. The first-order valence-corrected chi connectivity index (χ1v) is 3.40. The van der Waals surface area contributed by atoms with Crippen molar-refractivity contribution >= 4 is 11.8 Å². The molecule has 2 amide bonds. The fourth-order valence-corrected chi connectivity index (χ4v) is 0.504. The zero-order chi connectivity index (χ0) is 9.56. The van der Waals surface area contributed by atoms with Crippen LogP contribution in [0.5, 0.6) is 0 Å². The molecule has 0 aliphatic heterocycles. The average Bonchev–Trinajstić information content (AvgIpc) is 2.00. The number of hydrogen-bond acceptors (Lipinski definition) is 2. The molecule has 0 spiro atoms. The molecular weight excluding hydrogens is 170 g/mol. The topological polar surface area (TPSA) is 58.2 Å². The molecule has 0 radical (unpaired) electrons. The van der Waals surface area contributed by atoms with Crippen LogP contribution in [0.25, 0.3) is 0 Å². The smallest absolute Gasteiger partial charge is 0.315 e. The summed E-state index contributed by atoms with van der Waals surface area (Å²) in [5.74, 6) is -1.91. The standard InChI is InChI=1S/C6H10F2N2O2/c1-2-9-4(11)3-10-6(12)5(7)8/h5H,2-3H2,1H3,(H,9,11)(H,10,12). The molecule has 0 unspecified atom stereocenters. The van der Waals surface area contributed by atoms with Crippen LogP contribution in [0.15, 0.2) is 0 Å². The quantitative estimate of drug-likeness (QED) is 0.613. The van der Waals surface area contributed by atoms with E-state index in [1.54, 1.807) is 12.2 Å². The van der Waals surface area contributed by atoms with Gasteiger partial charge in [-0.05, 0) is 6.92 Å². The van der Waals surface area contributed by atoms with Gasteiger partial charge < -0.3 is 10.6 Å². The highest BCUT2D eigenvalue weighted by Crippen LogP contribution is 1.89. The summed E-state index contributed by atoms with van der Waals surface area (Å²) in [4.78, 5) is 20.8. The molecule has 0 aromatic carbocycles. The Balaban J connectivity index is 3.54. The Morgan fingerprint density at radius 2 is 1.92 bits per heavy atom. The molecular formula is C6H10F2N2O2. The number of alkyl halides is 2. The van der Waals surface area contributed by atoms with Crippen LogP contribution < -0.4 is 10.6 Å². The van der Waals surface area contributed by atoms with Crippen molar-refractivity contribution in [3.05, 3.63) is 0 Å². The van der Waals surface area contributed by atoms with Crippen LogP contribution in [0.1, 0.15) is 6.92 Å². The molecule has 0 atom stereocenters. The van der Waals surface area contributed by atoms with Gasteiger partial charge in [-0.1, -0.05) is 0 Å². The van der Waals surface area contributed by atoms with E-state index in [2.05, 4.69) is 5.32 Å². The number of carbonyl (C=O) groups excluding carboxylic acids is 2. The van der Waals surface area contributed by atoms with Gasteiger partial charge in [-0.25, -0.2) is 0 Å². The lowest BCUT2D eigenvalue weighted by Gasteiger charge is -2.03. The Morgan fingerprint density at radius 1 is 1.33 bits per heavy atom. The Bertz CT molecular complexity index is 173. The maximum Gasteiger partial charge on any atom is 0.315 e. The predicted octanol–water partition coefficient (Wildman–Crippen LogP) is -0.496. The molecule has 6 heteroatoms. The fourth-order valence-electron chi connectivity index (χ4n) is 0.504. The summed E-state index contributed by atoms with van der Waals surface area (Å²) >= 11 is 0. The number of nitrogens with one attached hydrogen (secondary N) is 2. The number of rotatable bonds is 4. The van der Waals surface area contributed by atoms with Gasteiger partial charge >= 0.3 is 6.43 Å². The summed E-state index contributed by atoms with van der Waals surface area (Å²) in [7, 11) is 0. The normalized spacial score (nSPS) is 9.67. The molecule has 2 N–H and O–H groups in total. The molecule has 0 rings (SSSR count). The maximum absolute atomic E-state index is 11.5. The van der Waals surface area contributed by atoms with E-state index in [-0.39, 0.29) is 0 Å². The zero-order valence-electron chi connectivity index (χ0n) is 6.56. The van der Waals surface area contributed by atoms with E-state index in [1.165, 1.54) is 0 Å². The minimum absolute atomic E-state index is 0.406. The van der Waals surface area contributed by atoms with E-state index in [4.69, 9.17) is 0 Å². The van der Waals surface area contributed by atoms with E-state index in [0.29, 0.717) is 6.54 Å². The number of carbonyl (C=O) groups is 2. The van der Waals surface area contributed by atoms with Crippen LogP contribution in [0, 0.1) is 0 Å². The molecule has 0 heterocycles. The third-order valence-electron chi connectivity index (χ3n) is 0.995. The highest BCUT2D eigenvalue weighted by molar-refractivity contribution is 5.85. The van der Waals surface area contributed by atoms with Gasteiger partial charge in [0.1, 0.15) is 0 Å². The summed E-state index contributed by atoms with van der Waals surface area (Å²) < 4.78 is 23.0. The van der Waals surface area contributed by atoms with Crippen LogP contribution in [-0.4, -0.2) is 31.3 Å². The third-order valence-corrected chi connectivity index (χ3v) is 0.995. The highest BCUT2D eigenvalue weighted by Gasteiger charge is 2.14. The zero-order valence-corrected chi connectivity index (χ0v) is 6.56. The number of amides is 2. The molecule has 0 saturated heterocycles. The third kappa shape index (κ3) is 4.59. The summed E-state index contributed by atoms with van der Waals surface area (Å²) in [6.07, 6.45) is -3.07. The monoisotopic (exact) mass is 180 g/mol. The van der Waals surface area contributed by atoms with Crippen LogP contribution in [-0.2, 0) is 9.59 Å². The van der Waals surface area contributed by atoms with Crippen molar-refractivity contribution in [1.29, 1.82) is 0 Å². The molecule has 70 valence electrons. The average molecular weight is 180 g/mol. The van der Waals surface area contributed by atoms with E-state index in [0.717, 1.165) is 0 Å². The van der Waals surface area contributed by atoms with E-state index in [1.807, 2.05) is 0 Å². The van der Waals surface area contributed by atoms with Crippen molar-refractivity contribution in [2.24, 2.45) is 0 Å². The van der Waals surface area contributed by atoms with Gasteiger partial charge in [0.25, 0.3) is 5.91 Å². The molecule has 0 fully saturated rings. The Labute approximate surface area is 68.3 Å². The molecule has 0 saturated carbocycles. The summed E-state index contributed by atoms with van der Waals surface area (Å²) in [6, 6.07) is 0. The van der Waals surface area contributed by atoms with Gasteiger partial charge in [-0.3, -0.25) is 9.59 Å². The largest absolute Gasteiger partial charge is 0.355 e. The first-order valence-electron chi connectivity index (χ1n) is 3.40. The fraction of sp³-hybridized carbons (Fsp3) is 0.667. The van der Waals surface area contributed by atoms with Crippen molar-refractivity contribution in [3.63, 3.8) is 0 Å². The van der Waals surface area contributed by atoms with E-state index < -0.39 is 24.8 Å². The molecule has 0 aliphatic rings. The first kappa shape index (κ1) is 10.8. The molecule has 0 aromatic rings. The lowest BCUT2D eigenvalue weighted by Crippen LogP contribution is -2.39. The van der Waals surface area contributed by atoms with Gasteiger partial charge in [0.05, 0.1) is 6.54 Å². The number of hydrogen-bond donors (Lipinski definition) is 2. The van der Waals surface area contributed by atoms with Crippen LogP contribution in [0.3, 0.4) is 0 Å². The van der Waals surface area contributed by atoms with Crippen LogP contribution in [0.4, 0.5) is 8.78 Å². The second kappa shape index (κ2) is 5.45. The minimum Gasteiger partial charge on any atom is -0.355 e. The van der Waals surface area contributed by atoms with Gasteiger partial charge in [0.15, 0.2) is 0 Å². The second-order valence-corrected chi connectivity index (χ2v) is 1.97. The van der Waals surface area contributed by atoms with Crippen molar-refractivity contribution in [2.45, 2.75) is 13.3 Å². The lowest BCUT2D eigenvalue weighted by atomic mass is 10.5. The van der Waals surface area contributed by atoms with Crippen LogP contribution in [0.2, 0.25) is 0 Å². The summed E-state index contributed by atoms with van der Waals surface area (Å²) in [5, 5.41) is 4.11. The predicted molar refractivity (Wildman–Crippen MR) is 37.7 cm³/mol. The Hall–Kier alpha value is -1.20. The van der Waals surface area contributed by atoms with Crippen molar-refractivity contribution in [1.82, 2.24) is 10.6 Å². The van der Waals surface area contributed by atoms with Crippen molar-refractivity contribution in [3.8, 4) is 0 Å². The van der Waals surface area contributed by atoms with Gasteiger partial charge in [-0.15, -0.1) is 0 Å². The van der Waals surface area contributed by atoms with Crippen LogP contribution >= 0.6 is 0 Å². The number of halogens is 2. The van der Waals surface area contributed by atoms with Crippen molar-refractivity contribution < 1.29 is 18.4 Å². The molecule has 0 bridgehead atoms. The highest BCUT2D eigenvalue weighted by atomic mass is 19.3. The number of likely N-dealkylation sites (N-methyl/N-ethyl adjacent to an activating group) is 1. The second-order valence-electron chi connectivity index (χ2n) is 1.97. The lowest BCUT2D eigenvalue weighted by molar-refractivity contribution is -0.133. The Kier molecular flexibility index (Phi) is 4.91. The minimum atomic E-state index is -3.07. The van der Waals surface area contributed by atoms with Gasteiger partial charge in [0, 0.05) is 6.54 Å².